The third-order valence-corrected chi connectivity index (χ3v) is 4.50. The van der Waals surface area contributed by atoms with Crippen molar-refractivity contribution >= 4 is 11.0 Å². The second-order valence-electron chi connectivity index (χ2n) is 6.36. The number of nitrogens with zero attached hydrogens (tertiary/aromatic N) is 2. The first-order valence-corrected chi connectivity index (χ1v) is 9.02. The average molecular weight is 338 g/mol. The summed E-state index contributed by atoms with van der Waals surface area (Å²) in [5, 5.41) is 10.3. The van der Waals surface area contributed by atoms with Crippen LogP contribution in [0.1, 0.15) is 43.7 Å². The third-order valence-electron chi connectivity index (χ3n) is 4.50. The highest BCUT2D eigenvalue weighted by Gasteiger charge is 2.16. The molecule has 3 aromatic rings. The molecule has 0 aliphatic carbocycles. The molecule has 0 fully saturated rings. The minimum Gasteiger partial charge on any atom is -0.493 e. The standard InChI is InChI=1S/C21H26N2O2/c1-3-19(24)21-22-17-11-5-6-12-18(17)23(21)14-8-9-15-25-20-13-7-4-10-16(20)2/h4-7,10-13,19,24H,3,8-9,14-15H2,1-2H3/t19-/m0/s1. The summed E-state index contributed by atoms with van der Waals surface area (Å²) in [6.45, 7) is 5.57. The number of hydrogen-bond acceptors (Lipinski definition) is 3. The van der Waals surface area contributed by atoms with Crippen LogP contribution in [0.3, 0.4) is 0 Å². The molecular formula is C21H26N2O2. The SMILES string of the molecule is CC[C@H](O)c1nc2ccccc2n1CCCCOc1ccccc1C. The summed E-state index contributed by atoms with van der Waals surface area (Å²) in [5.74, 6) is 1.72. The number of ether oxygens (including phenoxy) is 1. The van der Waals surface area contributed by atoms with Crippen LogP contribution in [0, 0.1) is 6.92 Å². The van der Waals surface area contributed by atoms with E-state index in [4.69, 9.17) is 4.74 Å². The van der Waals surface area contributed by atoms with Crippen LogP contribution in [-0.4, -0.2) is 21.3 Å². The van der Waals surface area contributed by atoms with Crippen molar-refractivity contribution in [2.75, 3.05) is 6.61 Å². The van der Waals surface area contributed by atoms with Crippen molar-refractivity contribution in [3.8, 4) is 5.75 Å². The Morgan fingerprint density at radius 1 is 1.08 bits per heavy atom. The van der Waals surface area contributed by atoms with E-state index in [0.717, 1.165) is 47.6 Å². The molecule has 1 N–H and O–H groups in total. The molecule has 0 unspecified atom stereocenters. The highest BCUT2D eigenvalue weighted by atomic mass is 16.5. The molecule has 0 bridgehead atoms. The molecule has 0 saturated heterocycles. The van der Waals surface area contributed by atoms with Crippen molar-refractivity contribution in [1.82, 2.24) is 9.55 Å². The zero-order valence-corrected chi connectivity index (χ0v) is 15.0. The first-order valence-electron chi connectivity index (χ1n) is 9.02. The van der Waals surface area contributed by atoms with Crippen LogP contribution in [0.5, 0.6) is 5.75 Å². The van der Waals surface area contributed by atoms with Crippen LogP contribution in [0.15, 0.2) is 48.5 Å². The molecule has 3 rings (SSSR count). The largest absolute Gasteiger partial charge is 0.493 e. The first-order chi connectivity index (χ1) is 12.2. The first kappa shape index (κ1) is 17.5. The lowest BCUT2D eigenvalue weighted by atomic mass is 10.2. The Hall–Kier alpha value is -2.33. The highest BCUT2D eigenvalue weighted by Crippen LogP contribution is 2.23. The fourth-order valence-corrected chi connectivity index (χ4v) is 3.04. The van der Waals surface area contributed by atoms with Gasteiger partial charge in [-0.25, -0.2) is 4.98 Å². The number of para-hydroxylation sites is 3. The topological polar surface area (TPSA) is 47.3 Å². The molecule has 4 nitrogen and oxygen atoms in total. The van der Waals surface area contributed by atoms with Gasteiger partial charge in [-0.3, -0.25) is 0 Å². The molecule has 0 aliphatic rings. The molecule has 132 valence electrons. The lowest BCUT2D eigenvalue weighted by Gasteiger charge is -2.13. The fraction of sp³-hybridized carbons (Fsp3) is 0.381. The maximum atomic E-state index is 10.3. The molecule has 0 amide bonds. The summed E-state index contributed by atoms with van der Waals surface area (Å²) < 4.78 is 8.02. The number of aromatic nitrogens is 2. The molecule has 25 heavy (non-hydrogen) atoms. The van der Waals surface area contributed by atoms with E-state index in [1.807, 2.05) is 43.3 Å². The summed E-state index contributed by atoms with van der Waals surface area (Å²) in [4.78, 5) is 4.62. The molecule has 1 heterocycles. The van der Waals surface area contributed by atoms with Gasteiger partial charge in [-0.15, -0.1) is 0 Å². The zero-order chi connectivity index (χ0) is 17.6. The molecule has 2 aromatic carbocycles. The monoisotopic (exact) mass is 338 g/mol. The van der Waals surface area contributed by atoms with Crippen LogP contribution in [0.25, 0.3) is 11.0 Å². The number of imidazole rings is 1. The normalized spacial score (nSPS) is 12.4. The van der Waals surface area contributed by atoms with Crippen molar-refractivity contribution < 1.29 is 9.84 Å². The van der Waals surface area contributed by atoms with E-state index < -0.39 is 6.10 Å². The van der Waals surface area contributed by atoms with Gasteiger partial charge in [-0.05, 0) is 49.9 Å². The second-order valence-corrected chi connectivity index (χ2v) is 6.36. The van der Waals surface area contributed by atoms with Gasteiger partial charge in [-0.1, -0.05) is 37.3 Å². The number of benzene rings is 2. The van der Waals surface area contributed by atoms with Gasteiger partial charge in [0.05, 0.1) is 17.6 Å². The fourth-order valence-electron chi connectivity index (χ4n) is 3.04. The van der Waals surface area contributed by atoms with E-state index in [1.165, 1.54) is 0 Å². The minimum absolute atomic E-state index is 0.518. The van der Waals surface area contributed by atoms with Crippen molar-refractivity contribution in [1.29, 1.82) is 0 Å². The summed E-state index contributed by atoms with van der Waals surface area (Å²) >= 11 is 0. The smallest absolute Gasteiger partial charge is 0.138 e. The lowest BCUT2D eigenvalue weighted by Crippen LogP contribution is -2.09. The van der Waals surface area contributed by atoms with Gasteiger partial charge in [0.2, 0.25) is 0 Å². The van der Waals surface area contributed by atoms with Gasteiger partial charge >= 0.3 is 0 Å². The molecular weight excluding hydrogens is 312 g/mol. The summed E-state index contributed by atoms with van der Waals surface area (Å²) in [5.41, 5.74) is 3.20. The van der Waals surface area contributed by atoms with Gasteiger partial charge in [0, 0.05) is 6.54 Å². The molecule has 0 spiro atoms. The number of rotatable bonds is 8. The number of aliphatic hydroxyl groups excluding tert-OH is 1. The molecule has 4 heteroatoms. The van der Waals surface area contributed by atoms with Gasteiger partial charge in [0.25, 0.3) is 0 Å². The van der Waals surface area contributed by atoms with Gasteiger partial charge in [0.1, 0.15) is 17.7 Å². The number of fused-ring (bicyclic) bond motifs is 1. The van der Waals surface area contributed by atoms with E-state index in [0.29, 0.717) is 13.0 Å². The Labute approximate surface area is 149 Å². The predicted octanol–water partition coefficient (Wildman–Crippen LogP) is 4.65. The van der Waals surface area contributed by atoms with Crippen LogP contribution < -0.4 is 4.74 Å². The average Bonchev–Trinajstić information content (AvgIpc) is 3.01. The Morgan fingerprint density at radius 2 is 1.84 bits per heavy atom. The van der Waals surface area contributed by atoms with E-state index in [2.05, 4.69) is 28.6 Å². The Morgan fingerprint density at radius 3 is 2.64 bits per heavy atom. The van der Waals surface area contributed by atoms with Gasteiger partial charge in [-0.2, -0.15) is 0 Å². The van der Waals surface area contributed by atoms with Crippen LogP contribution in [0.2, 0.25) is 0 Å². The van der Waals surface area contributed by atoms with Crippen LogP contribution in [0.4, 0.5) is 0 Å². The van der Waals surface area contributed by atoms with Crippen molar-refractivity contribution in [3.05, 3.63) is 59.9 Å². The Kier molecular flexibility index (Phi) is 5.71. The van der Waals surface area contributed by atoms with Gasteiger partial charge < -0.3 is 14.4 Å². The third kappa shape index (κ3) is 4.02. The molecule has 0 saturated carbocycles. The van der Waals surface area contributed by atoms with Crippen molar-refractivity contribution in [2.45, 2.75) is 45.8 Å². The van der Waals surface area contributed by atoms with Crippen LogP contribution in [-0.2, 0) is 6.54 Å². The Bertz CT molecular complexity index is 826. The van der Waals surface area contributed by atoms with Crippen molar-refractivity contribution in [3.63, 3.8) is 0 Å². The predicted molar refractivity (Wildman–Crippen MR) is 101 cm³/mol. The number of aliphatic hydroxyl groups is 1. The summed E-state index contributed by atoms with van der Waals surface area (Å²) in [6, 6.07) is 16.2. The molecule has 0 aliphatic heterocycles. The van der Waals surface area contributed by atoms with E-state index in [-0.39, 0.29) is 0 Å². The number of aryl methyl sites for hydroxylation is 2. The summed E-state index contributed by atoms with van der Waals surface area (Å²) in [7, 11) is 0. The summed E-state index contributed by atoms with van der Waals surface area (Å²) in [6.07, 6.45) is 2.09. The van der Waals surface area contributed by atoms with E-state index >= 15 is 0 Å². The van der Waals surface area contributed by atoms with E-state index in [9.17, 15) is 5.11 Å². The molecule has 1 aromatic heterocycles. The van der Waals surface area contributed by atoms with Gasteiger partial charge in [0.15, 0.2) is 0 Å². The van der Waals surface area contributed by atoms with Crippen molar-refractivity contribution in [2.24, 2.45) is 0 Å². The second kappa shape index (κ2) is 8.17. The Balaban J connectivity index is 1.62. The molecule has 0 radical (unpaired) electrons. The maximum absolute atomic E-state index is 10.3. The number of unbranched alkanes of at least 4 members (excludes halogenated alkanes) is 1. The van der Waals surface area contributed by atoms with E-state index in [1.54, 1.807) is 0 Å². The zero-order valence-electron chi connectivity index (χ0n) is 15.0. The highest BCUT2D eigenvalue weighted by molar-refractivity contribution is 5.76. The quantitative estimate of drug-likeness (QED) is 0.608. The minimum atomic E-state index is -0.518. The van der Waals surface area contributed by atoms with Crippen LogP contribution >= 0.6 is 0 Å². The number of hydrogen-bond donors (Lipinski definition) is 1. The lowest BCUT2D eigenvalue weighted by molar-refractivity contribution is 0.159. The maximum Gasteiger partial charge on any atom is 0.138 e. The molecule has 1 atom stereocenters.